The number of carbonyl (C=O) groups is 4. The highest BCUT2D eigenvalue weighted by Crippen LogP contribution is 2.17. The Bertz CT molecular complexity index is 1550. The third kappa shape index (κ3) is 17.6. The van der Waals surface area contributed by atoms with Crippen LogP contribution in [0.1, 0.15) is 61.6 Å². The predicted molar refractivity (Wildman–Crippen MR) is 204 cm³/mol. The molecule has 11 heteroatoms. The van der Waals surface area contributed by atoms with Gasteiger partial charge in [0, 0.05) is 19.4 Å². The number of ether oxygens (including phenoxy) is 3. The second-order valence-electron chi connectivity index (χ2n) is 12.7. The molecule has 284 valence electrons. The van der Waals surface area contributed by atoms with Gasteiger partial charge in [0.25, 0.3) is 0 Å². The van der Waals surface area contributed by atoms with Crippen LogP contribution in [0.2, 0.25) is 0 Å². The van der Waals surface area contributed by atoms with Crippen LogP contribution >= 0.6 is 0 Å². The molecule has 0 saturated carbocycles. The van der Waals surface area contributed by atoms with Gasteiger partial charge in [-0.25, -0.2) is 4.79 Å². The Labute approximate surface area is 312 Å². The molecule has 3 amide bonds. The lowest BCUT2D eigenvalue weighted by molar-refractivity contribution is -0.145. The number of alkyl carbamates (subject to hydrolysis) is 1. The summed E-state index contributed by atoms with van der Waals surface area (Å²) in [6, 6.07) is 25.6. The molecule has 0 radical (unpaired) electrons. The molecule has 53 heavy (non-hydrogen) atoms. The second kappa shape index (κ2) is 24.7. The molecule has 4 N–H and O–H groups in total. The van der Waals surface area contributed by atoms with E-state index in [2.05, 4.69) is 29.1 Å². The van der Waals surface area contributed by atoms with Crippen LogP contribution in [0.25, 0.3) is 0 Å². The smallest absolute Gasteiger partial charge is 0.407 e. The summed E-state index contributed by atoms with van der Waals surface area (Å²) in [5.74, 6) is -1.18. The SMILES string of the molecule is C=CCCC(=O)OC[C@H](CCCCNC(=O)OCc1ccccc1)NC(=O)[C@@H](CC=C)CC(=O)N[C@H](CO)Cc1ccc(OCc2ccccc2)cc1. The first-order valence-corrected chi connectivity index (χ1v) is 18.1. The van der Waals surface area contributed by atoms with Crippen molar-refractivity contribution in [2.45, 2.75) is 76.7 Å². The van der Waals surface area contributed by atoms with Gasteiger partial charge in [-0.2, -0.15) is 0 Å². The Hall–Kier alpha value is -5.42. The van der Waals surface area contributed by atoms with E-state index in [0.29, 0.717) is 51.0 Å². The van der Waals surface area contributed by atoms with E-state index in [0.717, 1.165) is 16.7 Å². The van der Waals surface area contributed by atoms with Gasteiger partial charge in [-0.05, 0) is 67.3 Å². The van der Waals surface area contributed by atoms with E-state index in [1.807, 2.05) is 84.9 Å². The molecule has 3 aromatic carbocycles. The van der Waals surface area contributed by atoms with Gasteiger partial charge in [-0.1, -0.05) is 84.9 Å². The molecule has 0 aliphatic heterocycles. The number of amides is 3. The zero-order valence-corrected chi connectivity index (χ0v) is 30.4. The molecule has 0 aliphatic carbocycles. The molecule has 0 aromatic heterocycles. The van der Waals surface area contributed by atoms with Crippen LogP contribution in [0.3, 0.4) is 0 Å². The molecular weight excluding hydrogens is 674 g/mol. The summed E-state index contributed by atoms with van der Waals surface area (Å²) in [5, 5.41) is 18.6. The molecule has 0 saturated heterocycles. The number of carbonyl (C=O) groups excluding carboxylic acids is 4. The van der Waals surface area contributed by atoms with Crippen LogP contribution in [0, 0.1) is 5.92 Å². The average Bonchev–Trinajstić information content (AvgIpc) is 3.18. The number of aliphatic hydroxyl groups excluding tert-OH is 1. The molecule has 3 aromatic rings. The third-order valence-electron chi connectivity index (χ3n) is 8.30. The van der Waals surface area contributed by atoms with Crippen LogP contribution in [0.4, 0.5) is 4.79 Å². The van der Waals surface area contributed by atoms with E-state index in [1.165, 1.54) is 0 Å². The summed E-state index contributed by atoms with van der Waals surface area (Å²) in [4.78, 5) is 50.9. The van der Waals surface area contributed by atoms with Crippen molar-refractivity contribution in [2.24, 2.45) is 5.92 Å². The Kier molecular flexibility index (Phi) is 19.6. The number of allylic oxidation sites excluding steroid dienone is 2. The van der Waals surface area contributed by atoms with Crippen molar-refractivity contribution < 1.29 is 38.5 Å². The summed E-state index contributed by atoms with van der Waals surface area (Å²) < 4.78 is 16.5. The molecule has 0 heterocycles. The van der Waals surface area contributed by atoms with Crippen molar-refractivity contribution in [1.29, 1.82) is 0 Å². The summed E-state index contributed by atoms with van der Waals surface area (Å²) in [6.45, 7) is 8.04. The molecule has 3 rings (SSSR count). The molecule has 0 spiro atoms. The van der Waals surface area contributed by atoms with Crippen molar-refractivity contribution in [2.75, 3.05) is 19.8 Å². The first-order chi connectivity index (χ1) is 25.8. The second-order valence-corrected chi connectivity index (χ2v) is 12.7. The van der Waals surface area contributed by atoms with E-state index < -0.39 is 30.1 Å². The zero-order valence-electron chi connectivity index (χ0n) is 30.4. The van der Waals surface area contributed by atoms with E-state index in [1.54, 1.807) is 12.2 Å². The highest BCUT2D eigenvalue weighted by molar-refractivity contribution is 5.86. The minimum atomic E-state index is -0.729. The van der Waals surface area contributed by atoms with Crippen LogP contribution in [-0.4, -0.2) is 60.8 Å². The number of aliphatic hydroxyl groups is 1. The molecule has 0 unspecified atom stereocenters. The van der Waals surface area contributed by atoms with E-state index in [-0.39, 0.29) is 50.9 Å². The van der Waals surface area contributed by atoms with E-state index in [9.17, 15) is 24.3 Å². The van der Waals surface area contributed by atoms with Gasteiger partial charge in [0.1, 0.15) is 25.6 Å². The van der Waals surface area contributed by atoms with Crippen LogP contribution in [0.15, 0.2) is 110 Å². The molecule has 3 atom stereocenters. The van der Waals surface area contributed by atoms with Crippen molar-refractivity contribution in [3.05, 3.63) is 127 Å². The number of esters is 1. The van der Waals surface area contributed by atoms with Gasteiger partial charge in [-0.15, -0.1) is 13.2 Å². The first kappa shape index (κ1) is 42.0. The molecule has 11 nitrogen and oxygen atoms in total. The molecule has 0 bridgehead atoms. The number of rotatable bonds is 25. The van der Waals surface area contributed by atoms with Crippen molar-refractivity contribution in [1.82, 2.24) is 16.0 Å². The summed E-state index contributed by atoms with van der Waals surface area (Å²) in [7, 11) is 0. The number of hydrogen-bond acceptors (Lipinski definition) is 8. The fourth-order valence-corrected chi connectivity index (χ4v) is 5.39. The van der Waals surface area contributed by atoms with Crippen molar-refractivity contribution in [3.8, 4) is 5.75 Å². The number of benzene rings is 3. The largest absolute Gasteiger partial charge is 0.489 e. The zero-order chi connectivity index (χ0) is 38.1. The molecule has 0 aliphatic rings. The predicted octanol–water partition coefficient (Wildman–Crippen LogP) is 5.96. The van der Waals surface area contributed by atoms with Crippen molar-refractivity contribution in [3.63, 3.8) is 0 Å². The fourth-order valence-electron chi connectivity index (χ4n) is 5.39. The number of nitrogens with one attached hydrogen (secondary N) is 3. The Balaban J connectivity index is 1.48. The van der Waals surface area contributed by atoms with Gasteiger partial charge in [0.2, 0.25) is 11.8 Å². The Morgan fingerprint density at radius 2 is 1.43 bits per heavy atom. The first-order valence-electron chi connectivity index (χ1n) is 18.1. The maximum atomic E-state index is 13.5. The minimum Gasteiger partial charge on any atom is -0.489 e. The van der Waals surface area contributed by atoms with Gasteiger partial charge in [0.15, 0.2) is 0 Å². The molecular formula is C42H53N3O8. The maximum absolute atomic E-state index is 13.5. The van der Waals surface area contributed by atoms with Gasteiger partial charge in [0.05, 0.1) is 24.6 Å². The van der Waals surface area contributed by atoms with Crippen LogP contribution in [-0.2, 0) is 43.5 Å². The van der Waals surface area contributed by atoms with Gasteiger partial charge >= 0.3 is 12.1 Å². The number of unbranched alkanes of at least 4 members (excludes halogenated alkanes) is 1. The summed E-state index contributed by atoms with van der Waals surface area (Å²) in [6.07, 6.45) is 5.52. The molecule has 0 fully saturated rings. The van der Waals surface area contributed by atoms with Gasteiger partial charge in [-0.3, -0.25) is 14.4 Å². The van der Waals surface area contributed by atoms with E-state index >= 15 is 0 Å². The lowest BCUT2D eigenvalue weighted by Crippen LogP contribution is -2.45. The van der Waals surface area contributed by atoms with Crippen LogP contribution in [0.5, 0.6) is 5.75 Å². The Morgan fingerprint density at radius 3 is 2.08 bits per heavy atom. The number of hydrogen-bond donors (Lipinski definition) is 4. The normalized spacial score (nSPS) is 12.3. The highest BCUT2D eigenvalue weighted by atomic mass is 16.5. The maximum Gasteiger partial charge on any atom is 0.407 e. The topological polar surface area (TPSA) is 152 Å². The lowest BCUT2D eigenvalue weighted by atomic mass is 9.98. The standard InChI is InChI=1S/C42H53N3O8/c1-3-5-20-40(48)52-31-36(19-12-13-25-43-42(50)53-30-34-17-10-7-11-18-34)45-41(49)35(14-4-2)27-39(47)44-37(28-46)26-32-21-23-38(24-22-32)51-29-33-15-8-6-9-16-33/h3-4,6-11,15-18,21-24,35-37,46H,1-2,5,12-14,19-20,25-31H2,(H,43,50)(H,44,47)(H,45,49)/t35-,36-,37-/m0/s1. The van der Waals surface area contributed by atoms with E-state index in [4.69, 9.17) is 14.2 Å². The average molecular weight is 728 g/mol. The highest BCUT2D eigenvalue weighted by Gasteiger charge is 2.25. The minimum absolute atomic E-state index is 0.0378. The summed E-state index contributed by atoms with van der Waals surface area (Å²) >= 11 is 0. The lowest BCUT2D eigenvalue weighted by Gasteiger charge is -2.23. The van der Waals surface area contributed by atoms with Crippen LogP contribution < -0.4 is 20.7 Å². The quantitative estimate of drug-likeness (QED) is 0.0474. The summed E-state index contributed by atoms with van der Waals surface area (Å²) in [5.41, 5.74) is 2.85. The third-order valence-corrected chi connectivity index (χ3v) is 8.30. The monoisotopic (exact) mass is 727 g/mol. The Morgan fingerprint density at radius 1 is 0.755 bits per heavy atom. The fraction of sp³-hybridized carbons (Fsp3) is 0.381. The van der Waals surface area contributed by atoms with Gasteiger partial charge < -0.3 is 35.3 Å². The van der Waals surface area contributed by atoms with Crippen molar-refractivity contribution >= 4 is 23.9 Å².